The predicted octanol–water partition coefficient (Wildman–Crippen LogP) is 1.48. The molecule has 1 saturated heterocycles. The molecule has 248 valence electrons. The summed E-state index contributed by atoms with van der Waals surface area (Å²) in [6.45, 7) is 9.10. The first kappa shape index (κ1) is 36.0. The topological polar surface area (TPSA) is 197 Å². The summed E-state index contributed by atoms with van der Waals surface area (Å²) in [5.41, 5.74) is 5.49. The molecule has 46 heavy (non-hydrogen) atoms. The summed E-state index contributed by atoms with van der Waals surface area (Å²) in [7, 11) is 0. The molecule has 13 nitrogen and oxygen atoms in total. The van der Waals surface area contributed by atoms with E-state index in [9.17, 15) is 33.9 Å². The molecule has 14 heteroatoms. The van der Waals surface area contributed by atoms with Gasteiger partial charge in [-0.25, -0.2) is 9.59 Å². The van der Waals surface area contributed by atoms with Crippen LogP contribution < -0.4 is 21.7 Å². The van der Waals surface area contributed by atoms with Crippen molar-refractivity contribution >= 4 is 47.5 Å². The van der Waals surface area contributed by atoms with E-state index in [0.29, 0.717) is 5.56 Å². The molecular weight excluding hydrogens is 614 g/mol. The summed E-state index contributed by atoms with van der Waals surface area (Å²) in [5.74, 6) is -3.97. The number of nitrogens with one attached hydrogen (secondary N) is 3. The fourth-order valence-corrected chi connectivity index (χ4v) is 6.03. The first-order valence-electron chi connectivity index (χ1n) is 14.6. The Bertz CT molecular complexity index is 1430. The van der Waals surface area contributed by atoms with Crippen LogP contribution in [0.4, 0.5) is 4.79 Å². The number of primary amides is 1. The van der Waals surface area contributed by atoms with Crippen LogP contribution in [0.3, 0.4) is 0 Å². The molecule has 1 fully saturated rings. The fraction of sp³-hybridized carbons (Fsp3) is 0.438. The van der Waals surface area contributed by atoms with Crippen molar-refractivity contribution in [3.63, 3.8) is 0 Å². The van der Waals surface area contributed by atoms with E-state index in [1.165, 1.54) is 28.8 Å². The van der Waals surface area contributed by atoms with Crippen molar-refractivity contribution in [3.05, 3.63) is 71.8 Å². The Balaban J connectivity index is 1.84. The molecule has 2 aromatic carbocycles. The number of ether oxygens (including phenoxy) is 1. The van der Waals surface area contributed by atoms with E-state index < -0.39 is 70.7 Å². The van der Waals surface area contributed by atoms with Gasteiger partial charge < -0.3 is 36.4 Å². The standard InChI is InChI=1S/C32H41N5O8S/c1-31(2,3)36-27(41)25-32(4,5)46-18-37(25)28(42)24(39)21(16-19-12-8-6-9-13-19)34-26(40)22(17-23(33)38)35-30(44)45-29(43)20-14-10-7-11-15-20/h6-15,21-22,24-25,39H,16-18H2,1-5H3,(H2,33,38)(H,34,40)(H,35,44)(H,36,41)/t21-,22-,24-,25-/m0/s1. The largest absolute Gasteiger partial charge is 0.415 e. The lowest BCUT2D eigenvalue weighted by Gasteiger charge is -2.35. The van der Waals surface area contributed by atoms with Gasteiger partial charge in [0.05, 0.1) is 23.9 Å². The molecule has 4 atom stereocenters. The summed E-state index contributed by atoms with van der Waals surface area (Å²) >= 11 is 1.37. The Labute approximate surface area is 272 Å². The van der Waals surface area contributed by atoms with E-state index in [4.69, 9.17) is 10.5 Å². The van der Waals surface area contributed by atoms with Crippen LogP contribution >= 0.6 is 11.8 Å². The van der Waals surface area contributed by atoms with Crippen LogP contribution in [0.15, 0.2) is 60.7 Å². The molecular formula is C32H41N5O8S. The maximum atomic E-state index is 13.8. The third-order valence-electron chi connectivity index (χ3n) is 7.04. The Morgan fingerprint density at radius 2 is 1.59 bits per heavy atom. The maximum Gasteiger partial charge on any atom is 0.415 e. The molecule has 0 aliphatic carbocycles. The summed E-state index contributed by atoms with van der Waals surface area (Å²) in [6.07, 6.45) is -3.84. The predicted molar refractivity (Wildman–Crippen MR) is 171 cm³/mol. The van der Waals surface area contributed by atoms with Gasteiger partial charge >= 0.3 is 12.1 Å². The van der Waals surface area contributed by atoms with Crippen LogP contribution in [0.2, 0.25) is 0 Å². The van der Waals surface area contributed by atoms with Gasteiger partial charge in [0.25, 0.3) is 5.91 Å². The molecule has 3 rings (SSSR count). The smallest absolute Gasteiger partial charge is 0.381 e. The van der Waals surface area contributed by atoms with Crippen molar-refractivity contribution in [2.45, 2.75) is 82.0 Å². The molecule has 0 radical (unpaired) electrons. The van der Waals surface area contributed by atoms with Crippen LogP contribution in [0.25, 0.3) is 0 Å². The van der Waals surface area contributed by atoms with Gasteiger partial charge in [-0.2, -0.15) is 0 Å². The Morgan fingerprint density at radius 3 is 2.15 bits per heavy atom. The average molecular weight is 656 g/mol. The number of benzene rings is 2. The van der Waals surface area contributed by atoms with E-state index in [1.807, 2.05) is 34.6 Å². The number of thioether (sulfide) groups is 1. The van der Waals surface area contributed by atoms with Gasteiger partial charge in [-0.15, -0.1) is 11.8 Å². The van der Waals surface area contributed by atoms with Gasteiger partial charge in [0, 0.05) is 10.3 Å². The van der Waals surface area contributed by atoms with E-state index in [1.54, 1.807) is 48.5 Å². The highest BCUT2D eigenvalue weighted by Crippen LogP contribution is 2.40. The monoisotopic (exact) mass is 655 g/mol. The lowest BCUT2D eigenvalue weighted by atomic mass is 9.96. The van der Waals surface area contributed by atoms with Gasteiger partial charge in [0.2, 0.25) is 17.7 Å². The minimum Gasteiger partial charge on any atom is -0.381 e. The molecule has 0 aromatic heterocycles. The summed E-state index contributed by atoms with van der Waals surface area (Å²) in [5, 5.41) is 19.1. The summed E-state index contributed by atoms with van der Waals surface area (Å²) in [4.78, 5) is 78.6. The quantitative estimate of drug-likeness (QED) is 0.176. The number of carbonyl (C=O) groups is 6. The highest BCUT2D eigenvalue weighted by Gasteiger charge is 2.50. The van der Waals surface area contributed by atoms with Crippen LogP contribution in [0, 0.1) is 0 Å². The normalized spacial score (nSPS) is 17.6. The number of hydrogen-bond acceptors (Lipinski definition) is 9. The third-order valence-corrected chi connectivity index (χ3v) is 8.42. The van der Waals surface area contributed by atoms with Gasteiger partial charge in [-0.1, -0.05) is 48.5 Å². The molecule has 0 saturated carbocycles. The number of nitrogens with two attached hydrogens (primary N) is 1. The van der Waals surface area contributed by atoms with Crippen molar-refractivity contribution in [2.24, 2.45) is 5.73 Å². The Kier molecular flexibility index (Phi) is 11.9. The summed E-state index contributed by atoms with van der Waals surface area (Å²) in [6, 6.07) is 12.6. The summed E-state index contributed by atoms with van der Waals surface area (Å²) < 4.78 is 4.09. The number of rotatable bonds is 11. The second kappa shape index (κ2) is 15.2. The zero-order valence-corrected chi connectivity index (χ0v) is 27.3. The minimum absolute atomic E-state index is 0.0249. The number of hydrogen-bond donors (Lipinski definition) is 5. The number of carbonyl (C=O) groups excluding carboxylic acids is 6. The van der Waals surface area contributed by atoms with Crippen LogP contribution in [0.5, 0.6) is 0 Å². The minimum atomic E-state index is -1.83. The second-order valence-corrected chi connectivity index (χ2v) is 14.1. The molecule has 1 heterocycles. The molecule has 1 aliphatic rings. The number of aliphatic hydroxyl groups excluding tert-OH is 1. The lowest BCUT2D eigenvalue weighted by Crippen LogP contribution is -2.61. The highest BCUT2D eigenvalue weighted by molar-refractivity contribution is 8.00. The Hall–Kier alpha value is -4.43. The van der Waals surface area contributed by atoms with E-state index in [2.05, 4.69) is 16.0 Å². The Morgan fingerprint density at radius 1 is 1.00 bits per heavy atom. The van der Waals surface area contributed by atoms with E-state index >= 15 is 0 Å². The van der Waals surface area contributed by atoms with Crippen molar-refractivity contribution in [1.82, 2.24) is 20.9 Å². The third kappa shape index (κ3) is 10.0. The van der Waals surface area contributed by atoms with Gasteiger partial charge in [-0.3, -0.25) is 19.2 Å². The fourth-order valence-electron chi connectivity index (χ4n) is 4.89. The number of alkyl carbamates (subject to hydrolysis) is 1. The van der Waals surface area contributed by atoms with E-state index in [-0.39, 0.29) is 23.8 Å². The van der Waals surface area contributed by atoms with E-state index in [0.717, 1.165) is 0 Å². The SMILES string of the molecule is CC(C)(C)NC(=O)[C@@H]1N(C(=O)[C@@H](O)[C@H](Cc2ccccc2)NC(=O)[C@H](CC(N)=O)NC(=O)OC(=O)c2ccccc2)CSC1(C)C. The van der Waals surface area contributed by atoms with Crippen molar-refractivity contribution in [2.75, 3.05) is 5.88 Å². The first-order chi connectivity index (χ1) is 21.5. The van der Waals surface area contributed by atoms with Gasteiger partial charge in [-0.05, 0) is 58.7 Å². The van der Waals surface area contributed by atoms with Crippen molar-refractivity contribution in [1.29, 1.82) is 0 Å². The zero-order chi connectivity index (χ0) is 34.2. The van der Waals surface area contributed by atoms with Crippen molar-refractivity contribution < 1.29 is 38.6 Å². The first-order valence-corrected chi connectivity index (χ1v) is 15.6. The number of esters is 1. The molecule has 0 bridgehead atoms. The number of nitrogens with zero attached hydrogens (tertiary/aromatic N) is 1. The number of amides is 5. The zero-order valence-electron chi connectivity index (χ0n) is 26.4. The van der Waals surface area contributed by atoms with Crippen LogP contribution in [-0.4, -0.2) is 86.1 Å². The molecule has 6 N–H and O–H groups in total. The van der Waals surface area contributed by atoms with Gasteiger partial charge in [0.1, 0.15) is 12.1 Å². The average Bonchev–Trinajstić information content (AvgIpc) is 3.30. The molecule has 5 amide bonds. The second-order valence-electron chi connectivity index (χ2n) is 12.5. The van der Waals surface area contributed by atoms with Crippen molar-refractivity contribution in [3.8, 4) is 0 Å². The van der Waals surface area contributed by atoms with Crippen LogP contribution in [-0.2, 0) is 30.3 Å². The molecule has 0 spiro atoms. The number of aliphatic hydroxyl groups is 1. The molecule has 0 unspecified atom stereocenters. The molecule has 1 aliphatic heterocycles. The highest BCUT2D eigenvalue weighted by atomic mass is 32.2. The van der Waals surface area contributed by atoms with Crippen LogP contribution in [0.1, 0.15) is 57.0 Å². The molecule has 2 aromatic rings. The maximum absolute atomic E-state index is 13.8. The lowest BCUT2D eigenvalue weighted by molar-refractivity contribution is -0.148. The van der Waals surface area contributed by atoms with Gasteiger partial charge in [0.15, 0.2) is 6.10 Å².